The summed E-state index contributed by atoms with van der Waals surface area (Å²) in [4.78, 5) is 0. The molecule has 0 amide bonds. The van der Waals surface area contributed by atoms with Crippen molar-refractivity contribution >= 4 is 11.1 Å². The Morgan fingerprint density at radius 1 is 1.67 bits per heavy atom. The Hall–Kier alpha value is 0.0700. The zero-order valence-corrected chi connectivity index (χ0v) is 5.95. The van der Waals surface area contributed by atoms with Gasteiger partial charge in [-0.05, 0) is 23.9 Å². The average Bonchev–Trinajstić information content (AvgIpc) is 1.60. The molecule has 1 atom stereocenters. The van der Waals surface area contributed by atoms with E-state index in [0.29, 0.717) is 6.04 Å². The minimum Gasteiger partial charge on any atom is -0.771 e. The van der Waals surface area contributed by atoms with Crippen LogP contribution in [0.25, 0.3) is 0 Å². The van der Waals surface area contributed by atoms with E-state index in [1.165, 1.54) is 6.42 Å². The summed E-state index contributed by atoms with van der Waals surface area (Å²) < 4.78 is 20.0. The highest BCUT2D eigenvalue weighted by Gasteiger charge is 2.15. The molecule has 1 aliphatic rings. The number of nitrogens with one attached hydrogen (secondary N) is 1. The van der Waals surface area contributed by atoms with E-state index < -0.39 is 11.1 Å². The molecule has 54 valence electrons. The van der Waals surface area contributed by atoms with Gasteiger partial charge in [0.05, 0.1) is 5.88 Å². The highest BCUT2D eigenvalue weighted by molar-refractivity contribution is 7.79. The quantitative estimate of drug-likeness (QED) is 0.571. The number of hydrogen-bond donors (Lipinski definition) is 1. The third-order valence-electron chi connectivity index (χ3n) is 1.60. The van der Waals surface area contributed by atoms with Crippen molar-refractivity contribution in [2.45, 2.75) is 25.3 Å². The molecular weight excluding hydrogens is 138 g/mol. The largest absolute Gasteiger partial charge is 0.771 e. The van der Waals surface area contributed by atoms with E-state index in [-0.39, 0.29) is 5.88 Å². The maximum absolute atomic E-state index is 9.98. The molecule has 1 aliphatic carbocycles. The van der Waals surface area contributed by atoms with Crippen molar-refractivity contribution in [3.05, 3.63) is 0 Å². The van der Waals surface area contributed by atoms with Crippen LogP contribution in [0.5, 0.6) is 0 Å². The molecule has 0 aliphatic heterocycles. The summed E-state index contributed by atoms with van der Waals surface area (Å²) in [6, 6.07) is 0.475. The molecule has 9 heavy (non-hydrogen) atoms. The van der Waals surface area contributed by atoms with Crippen LogP contribution >= 0.6 is 0 Å². The van der Waals surface area contributed by atoms with Crippen LogP contribution in [-0.4, -0.2) is 20.7 Å². The van der Waals surface area contributed by atoms with Crippen molar-refractivity contribution in [1.29, 1.82) is 0 Å². The van der Waals surface area contributed by atoms with E-state index in [4.69, 9.17) is 0 Å². The van der Waals surface area contributed by atoms with E-state index >= 15 is 0 Å². The van der Waals surface area contributed by atoms with Crippen molar-refractivity contribution in [2.75, 3.05) is 5.88 Å². The molecule has 0 aromatic carbocycles. The first-order valence-electron chi connectivity index (χ1n) is 3.08. The lowest BCUT2D eigenvalue weighted by Gasteiger charge is -2.26. The first kappa shape index (κ1) is 7.18. The lowest BCUT2D eigenvalue weighted by Crippen LogP contribution is -2.36. The molecule has 1 rings (SSSR count). The summed E-state index contributed by atoms with van der Waals surface area (Å²) in [7, 11) is 0. The molecule has 0 radical (unpaired) electrons. The van der Waals surface area contributed by atoms with Gasteiger partial charge in [0.2, 0.25) is 0 Å². The second-order valence-corrected chi connectivity index (χ2v) is 3.18. The van der Waals surface area contributed by atoms with E-state index in [0.717, 1.165) is 12.8 Å². The topological polar surface area (TPSA) is 52.2 Å². The molecule has 1 fully saturated rings. The second kappa shape index (κ2) is 3.29. The monoisotopic (exact) mass is 148 g/mol. The molecule has 1 N–H and O–H groups in total. The minimum atomic E-state index is -1.91. The predicted octanol–water partition coefficient (Wildman–Crippen LogP) is -0.0349. The summed E-state index contributed by atoms with van der Waals surface area (Å²) in [5, 5.41) is 2.91. The van der Waals surface area contributed by atoms with E-state index in [9.17, 15) is 8.76 Å². The lowest BCUT2D eigenvalue weighted by molar-refractivity contribution is 0.353. The second-order valence-electron chi connectivity index (χ2n) is 2.28. The van der Waals surface area contributed by atoms with Gasteiger partial charge in [0.25, 0.3) is 0 Å². The molecule has 0 heterocycles. The van der Waals surface area contributed by atoms with E-state index in [1.807, 2.05) is 0 Å². The van der Waals surface area contributed by atoms with Gasteiger partial charge in [0.15, 0.2) is 0 Å². The number of hydrogen-bond acceptors (Lipinski definition) is 3. The molecule has 1 saturated carbocycles. The summed E-state index contributed by atoms with van der Waals surface area (Å²) in [6.45, 7) is 0. The third kappa shape index (κ3) is 2.43. The van der Waals surface area contributed by atoms with Crippen LogP contribution in [0, 0.1) is 0 Å². The van der Waals surface area contributed by atoms with Crippen LogP contribution in [0.15, 0.2) is 0 Å². The predicted molar refractivity (Wildman–Crippen MR) is 34.6 cm³/mol. The van der Waals surface area contributed by atoms with Gasteiger partial charge in [0, 0.05) is 6.04 Å². The van der Waals surface area contributed by atoms with Gasteiger partial charge in [-0.3, -0.25) is 4.21 Å². The molecule has 0 aromatic heterocycles. The smallest absolute Gasteiger partial charge is 0.0590 e. The highest BCUT2D eigenvalue weighted by Crippen LogP contribution is 2.17. The van der Waals surface area contributed by atoms with E-state index in [1.54, 1.807) is 0 Å². The highest BCUT2D eigenvalue weighted by atomic mass is 32.2. The maximum atomic E-state index is 9.98. The average molecular weight is 148 g/mol. The van der Waals surface area contributed by atoms with Crippen LogP contribution in [0.2, 0.25) is 0 Å². The maximum Gasteiger partial charge on any atom is 0.0590 e. The normalized spacial score (nSPS) is 23.2. The van der Waals surface area contributed by atoms with Gasteiger partial charge in [-0.15, -0.1) is 0 Å². The fraction of sp³-hybridized carbons (Fsp3) is 1.00. The molecule has 0 spiro atoms. The summed E-state index contributed by atoms with van der Waals surface area (Å²) in [6.07, 6.45) is 3.51. The van der Waals surface area contributed by atoms with Crippen molar-refractivity contribution in [3.63, 3.8) is 0 Å². The fourth-order valence-corrected chi connectivity index (χ4v) is 1.17. The van der Waals surface area contributed by atoms with Crippen molar-refractivity contribution < 1.29 is 8.76 Å². The zero-order chi connectivity index (χ0) is 6.69. The van der Waals surface area contributed by atoms with Gasteiger partial charge in [-0.1, -0.05) is 6.42 Å². The van der Waals surface area contributed by atoms with Crippen LogP contribution in [0.3, 0.4) is 0 Å². The van der Waals surface area contributed by atoms with Crippen molar-refractivity contribution in [3.8, 4) is 0 Å². The lowest BCUT2D eigenvalue weighted by atomic mass is 9.94. The fourth-order valence-electron chi connectivity index (χ4n) is 0.798. The van der Waals surface area contributed by atoms with E-state index in [2.05, 4.69) is 5.32 Å². The first-order chi connectivity index (χ1) is 4.29. The minimum absolute atomic E-state index is 0.116. The Kier molecular flexibility index (Phi) is 2.63. The molecule has 0 saturated heterocycles. The van der Waals surface area contributed by atoms with Gasteiger partial charge in [-0.25, -0.2) is 0 Å². The third-order valence-corrected chi connectivity index (χ3v) is 2.00. The molecule has 0 bridgehead atoms. The van der Waals surface area contributed by atoms with Crippen LogP contribution in [0.4, 0.5) is 0 Å². The van der Waals surface area contributed by atoms with Crippen LogP contribution < -0.4 is 5.32 Å². The Morgan fingerprint density at radius 3 is 2.67 bits per heavy atom. The van der Waals surface area contributed by atoms with Gasteiger partial charge in [0.1, 0.15) is 0 Å². The first-order valence-corrected chi connectivity index (χ1v) is 4.32. The SMILES string of the molecule is O=S([O-])CNC1CCC1. The molecule has 1 unspecified atom stereocenters. The van der Waals surface area contributed by atoms with Crippen molar-refractivity contribution in [1.82, 2.24) is 5.32 Å². The Balaban J connectivity index is 1.97. The van der Waals surface area contributed by atoms with Crippen LogP contribution in [0.1, 0.15) is 19.3 Å². The standard InChI is InChI=1S/C5H11NO2S/c7-9(8)4-6-5-2-1-3-5/h5-6H,1-4H2,(H,7,8)/p-1. The van der Waals surface area contributed by atoms with Crippen LogP contribution in [-0.2, 0) is 11.1 Å². The molecular formula is C5H10NO2S-. The Bertz CT molecular complexity index is 114. The van der Waals surface area contributed by atoms with Gasteiger partial charge < -0.3 is 9.87 Å². The van der Waals surface area contributed by atoms with Crippen molar-refractivity contribution in [2.24, 2.45) is 0 Å². The van der Waals surface area contributed by atoms with Gasteiger partial charge in [-0.2, -0.15) is 0 Å². The Labute approximate surface area is 57.1 Å². The molecule has 3 nitrogen and oxygen atoms in total. The molecule has 0 aromatic rings. The summed E-state index contributed by atoms with van der Waals surface area (Å²) >= 11 is -1.91. The Morgan fingerprint density at radius 2 is 2.33 bits per heavy atom. The zero-order valence-electron chi connectivity index (χ0n) is 5.13. The van der Waals surface area contributed by atoms with Gasteiger partial charge >= 0.3 is 0 Å². The summed E-state index contributed by atoms with van der Waals surface area (Å²) in [5.41, 5.74) is 0. The summed E-state index contributed by atoms with van der Waals surface area (Å²) in [5.74, 6) is 0.116. The molecule has 4 heteroatoms. The number of rotatable bonds is 3.